The van der Waals surface area contributed by atoms with Crippen LogP contribution in [0.3, 0.4) is 0 Å². The first kappa shape index (κ1) is 21.8. The van der Waals surface area contributed by atoms with E-state index in [0.717, 1.165) is 22.3 Å². The molecule has 2 aromatic carbocycles. The molecule has 0 bridgehead atoms. The van der Waals surface area contributed by atoms with Gasteiger partial charge in [-0.2, -0.15) is 0 Å². The van der Waals surface area contributed by atoms with Crippen LogP contribution in [-0.2, 0) is 10.0 Å². The zero-order valence-corrected chi connectivity index (χ0v) is 18.7. The molecule has 0 radical (unpaired) electrons. The number of sulfonamides is 1. The maximum absolute atomic E-state index is 12.9. The van der Waals surface area contributed by atoms with Crippen LogP contribution in [0.2, 0.25) is 0 Å². The minimum Gasteiger partial charge on any atom is -0.476 e. The normalized spacial score (nSPS) is 11.5. The van der Waals surface area contributed by atoms with Crippen LogP contribution < -0.4 is 9.46 Å². The van der Waals surface area contributed by atoms with Gasteiger partial charge in [-0.05, 0) is 56.0 Å². The fourth-order valence-electron chi connectivity index (χ4n) is 3.31. The van der Waals surface area contributed by atoms with Crippen LogP contribution >= 0.6 is 0 Å². The van der Waals surface area contributed by atoms with Crippen LogP contribution in [0.4, 0.5) is 5.69 Å². The van der Waals surface area contributed by atoms with Crippen molar-refractivity contribution >= 4 is 15.7 Å². The molecular weight excluding hydrogens is 398 g/mol. The third-order valence-electron chi connectivity index (χ3n) is 4.51. The topological polar surface area (TPSA) is 81.2 Å². The molecule has 0 aliphatic carbocycles. The molecule has 1 heterocycles. The Morgan fingerprint density at radius 1 is 0.933 bits per heavy atom. The highest BCUT2D eigenvalue weighted by Crippen LogP contribution is 2.26. The summed E-state index contributed by atoms with van der Waals surface area (Å²) >= 11 is 0. The lowest BCUT2D eigenvalue weighted by atomic mass is 10.1. The average Bonchev–Trinajstić information content (AvgIpc) is 2.66. The number of rotatable bonds is 7. The average molecular weight is 426 g/mol. The van der Waals surface area contributed by atoms with Gasteiger partial charge in [0.05, 0.1) is 17.2 Å². The molecule has 0 unspecified atom stereocenters. The Morgan fingerprint density at radius 2 is 1.57 bits per heavy atom. The number of hydrogen-bond acceptors (Lipinski definition) is 5. The van der Waals surface area contributed by atoms with E-state index in [-0.39, 0.29) is 0 Å². The van der Waals surface area contributed by atoms with Crippen LogP contribution in [0.25, 0.3) is 11.3 Å². The van der Waals surface area contributed by atoms with Gasteiger partial charge in [0.1, 0.15) is 0 Å². The fourth-order valence-corrected chi connectivity index (χ4v) is 4.82. The largest absolute Gasteiger partial charge is 0.476 e. The highest BCUT2D eigenvalue weighted by atomic mass is 32.2. The van der Waals surface area contributed by atoms with E-state index in [1.807, 2.05) is 51.1 Å². The van der Waals surface area contributed by atoms with E-state index in [2.05, 4.69) is 28.8 Å². The third kappa shape index (κ3) is 5.16. The molecule has 0 spiro atoms. The Kier molecular flexibility index (Phi) is 6.41. The van der Waals surface area contributed by atoms with Crippen LogP contribution in [0, 0.1) is 26.7 Å². The first-order valence-electron chi connectivity index (χ1n) is 9.83. The van der Waals surface area contributed by atoms with Crippen LogP contribution in [0.5, 0.6) is 5.88 Å². The quantitative estimate of drug-likeness (QED) is 0.582. The Bertz CT molecular complexity index is 1100. The summed E-state index contributed by atoms with van der Waals surface area (Å²) in [7, 11) is -3.68. The Balaban J connectivity index is 1.76. The van der Waals surface area contributed by atoms with Crippen molar-refractivity contribution in [3.63, 3.8) is 0 Å². The van der Waals surface area contributed by atoms with Crippen LogP contribution in [0.1, 0.15) is 30.5 Å². The smallest absolute Gasteiger partial charge is 0.262 e. The zero-order valence-electron chi connectivity index (χ0n) is 17.9. The first-order chi connectivity index (χ1) is 14.2. The van der Waals surface area contributed by atoms with Crippen molar-refractivity contribution in [3.8, 4) is 17.1 Å². The van der Waals surface area contributed by atoms with Gasteiger partial charge in [-0.25, -0.2) is 8.42 Å². The van der Waals surface area contributed by atoms with Gasteiger partial charge in [0.15, 0.2) is 0 Å². The predicted octanol–water partition coefficient (Wildman–Crippen LogP) is 4.90. The van der Waals surface area contributed by atoms with Gasteiger partial charge < -0.3 is 4.74 Å². The number of hydrogen-bond donors (Lipinski definition) is 1. The number of benzene rings is 2. The summed E-state index contributed by atoms with van der Waals surface area (Å²) in [5.74, 6) is 0.899. The minimum absolute atomic E-state index is 0.319. The molecule has 7 heteroatoms. The van der Waals surface area contributed by atoms with Crippen LogP contribution in [-0.4, -0.2) is 25.2 Å². The molecule has 1 N–H and O–H groups in total. The van der Waals surface area contributed by atoms with Gasteiger partial charge in [0.25, 0.3) is 10.0 Å². The van der Waals surface area contributed by atoms with E-state index in [0.29, 0.717) is 34.7 Å². The van der Waals surface area contributed by atoms with Gasteiger partial charge in [-0.3, -0.25) is 4.72 Å². The van der Waals surface area contributed by atoms with E-state index < -0.39 is 10.0 Å². The van der Waals surface area contributed by atoms with Gasteiger partial charge in [-0.1, -0.05) is 43.7 Å². The predicted molar refractivity (Wildman–Crippen MR) is 119 cm³/mol. The molecular formula is C23H27N3O3S. The minimum atomic E-state index is -3.68. The molecule has 0 aliphatic heterocycles. The molecule has 0 amide bonds. The summed E-state index contributed by atoms with van der Waals surface area (Å²) in [4.78, 5) is 0.319. The lowest BCUT2D eigenvalue weighted by Gasteiger charge is -2.14. The second-order valence-corrected chi connectivity index (χ2v) is 9.49. The maximum atomic E-state index is 12.9. The fraction of sp³-hybridized carbons (Fsp3) is 0.304. The molecule has 0 atom stereocenters. The van der Waals surface area contributed by atoms with E-state index in [1.54, 1.807) is 18.2 Å². The van der Waals surface area contributed by atoms with E-state index in [9.17, 15) is 8.42 Å². The number of aryl methyl sites for hydroxylation is 3. The molecule has 3 rings (SSSR count). The zero-order chi connectivity index (χ0) is 21.9. The summed E-state index contributed by atoms with van der Waals surface area (Å²) in [6.45, 7) is 10.3. The molecule has 0 fully saturated rings. The number of nitrogens with zero attached hydrogens (tertiary/aromatic N) is 2. The second-order valence-electron chi connectivity index (χ2n) is 7.87. The molecule has 3 aromatic rings. The lowest BCUT2D eigenvalue weighted by molar-refractivity contribution is 0.258. The van der Waals surface area contributed by atoms with Crippen molar-refractivity contribution < 1.29 is 13.2 Å². The summed E-state index contributed by atoms with van der Waals surface area (Å²) in [5, 5.41) is 8.29. The summed E-state index contributed by atoms with van der Waals surface area (Å²) < 4.78 is 34.0. The molecule has 30 heavy (non-hydrogen) atoms. The maximum Gasteiger partial charge on any atom is 0.262 e. The molecule has 1 aromatic heterocycles. The van der Waals surface area contributed by atoms with E-state index in [4.69, 9.17) is 4.74 Å². The van der Waals surface area contributed by atoms with Crippen molar-refractivity contribution in [2.75, 3.05) is 11.3 Å². The highest BCUT2D eigenvalue weighted by Gasteiger charge is 2.20. The lowest BCUT2D eigenvalue weighted by Crippen LogP contribution is -2.15. The molecule has 0 saturated heterocycles. The molecule has 158 valence electrons. The standard InChI is InChI=1S/C23H27N3O3S/c1-15(2)14-29-22-11-10-21(24-25-22)19-6-8-20(9-7-19)26-30(27,28)23-17(4)12-16(3)13-18(23)5/h6-13,15,26H,14H2,1-5H3. The van der Waals surface area contributed by atoms with Gasteiger partial charge >= 0.3 is 0 Å². The van der Waals surface area contributed by atoms with Crippen molar-refractivity contribution in [2.24, 2.45) is 5.92 Å². The molecule has 0 saturated carbocycles. The molecule has 6 nitrogen and oxygen atoms in total. The number of anilines is 1. The number of nitrogens with one attached hydrogen (secondary N) is 1. The van der Waals surface area contributed by atoms with Crippen molar-refractivity contribution in [3.05, 3.63) is 65.2 Å². The van der Waals surface area contributed by atoms with Gasteiger partial charge in [0, 0.05) is 17.3 Å². The Labute approximate surface area is 178 Å². The van der Waals surface area contributed by atoms with E-state index >= 15 is 0 Å². The van der Waals surface area contributed by atoms with Gasteiger partial charge in [0.2, 0.25) is 5.88 Å². The number of aromatic nitrogens is 2. The SMILES string of the molecule is Cc1cc(C)c(S(=O)(=O)Nc2ccc(-c3ccc(OCC(C)C)nn3)cc2)c(C)c1. The van der Waals surface area contributed by atoms with Gasteiger partial charge in [-0.15, -0.1) is 10.2 Å². The first-order valence-corrected chi connectivity index (χ1v) is 11.3. The highest BCUT2D eigenvalue weighted by molar-refractivity contribution is 7.92. The second kappa shape index (κ2) is 8.83. The van der Waals surface area contributed by atoms with Crippen molar-refractivity contribution in [2.45, 2.75) is 39.5 Å². The van der Waals surface area contributed by atoms with Crippen molar-refractivity contribution in [1.29, 1.82) is 0 Å². The summed E-state index contributed by atoms with van der Waals surface area (Å²) in [6, 6.07) is 14.4. The molecule has 0 aliphatic rings. The monoisotopic (exact) mass is 425 g/mol. The summed E-state index contributed by atoms with van der Waals surface area (Å²) in [6.07, 6.45) is 0. The van der Waals surface area contributed by atoms with Crippen molar-refractivity contribution in [1.82, 2.24) is 10.2 Å². The Morgan fingerprint density at radius 3 is 2.10 bits per heavy atom. The third-order valence-corrected chi connectivity index (χ3v) is 6.20. The number of ether oxygens (including phenoxy) is 1. The Hall–Kier alpha value is -2.93. The van der Waals surface area contributed by atoms with Crippen LogP contribution in [0.15, 0.2) is 53.4 Å². The van der Waals surface area contributed by atoms with E-state index in [1.165, 1.54) is 0 Å². The summed E-state index contributed by atoms with van der Waals surface area (Å²) in [5.41, 5.74) is 4.51.